The van der Waals surface area contributed by atoms with Gasteiger partial charge >= 0.3 is 6.09 Å². The van der Waals surface area contributed by atoms with Crippen molar-refractivity contribution >= 4 is 28.6 Å². The number of oxime groups is 1. The molecule has 0 bridgehead atoms. The highest BCUT2D eigenvalue weighted by Crippen LogP contribution is 2.23. The van der Waals surface area contributed by atoms with Crippen LogP contribution in [0.25, 0.3) is 0 Å². The van der Waals surface area contributed by atoms with E-state index in [1.807, 2.05) is 25.1 Å². The molecule has 1 atom stereocenters. The van der Waals surface area contributed by atoms with Gasteiger partial charge in [-0.05, 0) is 44.4 Å². The maximum absolute atomic E-state index is 11.7. The van der Waals surface area contributed by atoms with E-state index in [1.165, 1.54) is 0 Å². The summed E-state index contributed by atoms with van der Waals surface area (Å²) in [6, 6.07) is 7.38. The summed E-state index contributed by atoms with van der Waals surface area (Å²) in [5, 5.41) is 14.4. The summed E-state index contributed by atoms with van der Waals surface area (Å²) in [5.74, 6) is 0.0637. The Bertz CT molecular complexity index is 524. The molecule has 1 aromatic carbocycles. The average molecular weight is 313 g/mol. The predicted octanol–water partition coefficient (Wildman–Crippen LogP) is 4.55. The van der Waals surface area contributed by atoms with E-state index in [-0.39, 0.29) is 11.1 Å². The zero-order valence-electron chi connectivity index (χ0n) is 12.7. The van der Waals surface area contributed by atoms with Gasteiger partial charge in [0.25, 0.3) is 0 Å². The second-order valence-electron chi connectivity index (χ2n) is 5.83. The number of nitrogens with one attached hydrogen (secondary N) is 1. The lowest BCUT2D eigenvalue weighted by Crippen LogP contribution is -2.27. The van der Waals surface area contributed by atoms with Gasteiger partial charge in [0, 0.05) is 12.1 Å². The normalized spacial score (nSPS) is 13.7. The molecule has 0 aromatic heterocycles. The van der Waals surface area contributed by atoms with Crippen molar-refractivity contribution in [3.05, 3.63) is 29.8 Å². The molecule has 6 heteroatoms. The number of hydrogen-bond acceptors (Lipinski definition) is 4. The lowest BCUT2D eigenvalue weighted by atomic mass is 9.98. The van der Waals surface area contributed by atoms with Gasteiger partial charge in [-0.15, -0.1) is 0 Å². The Balaban J connectivity index is 2.74. The smallest absolute Gasteiger partial charge is 0.412 e. The van der Waals surface area contributed by atoms with Crippen LogP contribution in [0.4, 0.5) is 10.5 Å². The first kappa shape index (κ1) is 17.3. The highest BCUT2D eigenvalue weighted by Gasteiger charge is 2.16. The van der Waals surface area contributed by atoms with Crippen LogP contribution in [0, 0.1) is 0 Å². The number of anilines is 1. The molecule has 1 amide bonds. The number of carbonyl (C=O) groups is 1. The fraction of sp³-hybridized carbons (Fsp3) is 0.467. The standard InChI is InChI=1S/C15H21ClN2O3/c1-10(8-13(16)18-20)11-6-5-7-12(9-11)17-14(19)21-15(2,3)4/h5-7,9-10,20H,8H2,1-4H3,(H,17,19)/b18-13-/t10-/m1/s1. The Kier molecular flexibility index (Phi) is 6.03. The van der Waals surface area contributed by atoms with Crippen molar-refractivity contribution in [1.82, 2.24) is 0 Å². The van der Waals surface area contributed by atoms with Crippen LogP contribution >= 0.6 is 11.6 Å². The number of benzene rings is 1. The summed E-state index contributed by atoms with van der Waals surface area (Å²) in [5.41, 5.74) is 1.08. The number of nitrogens with zero attached hydrogens (tertiary/aromatic N) is 1. The fourth-order valence-electron chi connectivity index (χ4n) is 1.76. The zero-order valence-corrected chi connectivity index (χ0v) is 13.4. The first-order valence-electron chi connectivity index (χ1n) is 6.67. The molecule has 0 saturated heterocycles. The van der Waals surface area contributed by atoms with E-state index < -0.39 is 11.7 Å². The summed E-state index contributed by atoms with van der Waals surface area (Å²) in [4.78, 5) is 11.7. The van der Waals surface area contributed by atoms with Gasteiger partial charge in [0.15, 0.2) is 0 Å². The second kappa shape index (κ2) is 7.31. The average Bonchev–Trinajstić information content (AvgIpc) is 2.36. The van der Waals surface area contributed by atoms with Crippen LogP contribution in [0.15, 0.2) is 29.4 Å². The van der Waals surface area contributed by atoms with Gasteiger partial charge in [0.1, 0.15) is 10.8 Å². The van der Waals surface area contributed by atoms with E-state index in [4.69, 9.17) is 21.5 Å². The van der Waals surface area contributed by atoms with Gasteiger partial charge in [-0.1, -0.05) is 35.8 Å². The Morgan fingerprint density at radius 3 is 2.71 bits per heavy atom. The van der Waals surface area contributed by atoms with Gasteiger partial charge in [0.05, 0.1) is 0 Å². The van der Waals surface area contributed by atoms with E-state index in [9.17, 15) is 4.79 Å². The molecule has 2 N–H and O–H groups in total. The van der Waals surface area contributed by atoms with E-state index in [1.54, 1.807) is 26.8 Å². The van der Waals surface area contributed by atoms with Crippen LogP contribution in [-0.4, -0.2) is 22.1 Å². The molecule has 0 saturated carbocycles. The van der Waals surface area contributed by atoms with Crippen LogP contribution < -0.4 is 5.32 Å². The molecule has 1 rings (SSSR count). The topological polar surface area (TPSA) is 70.9 Å². The van der Waals surface area contributed by atoms with Crippen LogP contribution in [0.5, 0.6) is 0 Å². The van der Waals surface area contributed by atoms with Crippen molar-refractivity contribution in [2.24, 2.45) is 5.16 Å². The molecule has 0 heterocycles. The van der Waals surface area contributed by atoms with Crippen LogP contribution in [0.1, 0.15) is 45.6 Å². The molecule has 0 radical (unpaired) electrons. The molecule has 5 nitrogen and oxygen atoms in total. The van der Waals surface area contributed by atoms with Crippen molar-refractivity contribution in [2.75, 3.05) is 5.32 Å². The Morgan fingerprint density at radius 1 is 1.48 bits per heavy atom. The summed E-state index contributed by atoms with van der Waals surface area (Å²) >= 11 is 5.72. The molecule has 0 aliphatic heterocycles. The maximum atomic E-state index is 11.7. The summed E-state index contributed by atoms with van der Waals surface area (Å²) < 4.78 is 5.20. The molecular weight excluding hydrogens is 292 g/mol. The summed E-state index contributed by atoms with van der Waals surface area (Å²) in [6.07, 6.45) is -0.0734. The molecule has 0 aliphatic carbocycles. The summed E-state index contributed by atoms with van der Waals surface area (Å²) in [7, 11) is 0. The Hall–Kier alpha value is -1.75. The maximum Gasteiger partial charge on any atom is 0.412 e. The minimum atomic E-state index is -0.542. The zero-order chi connectivity index (χ0) is 16.0. The highest BCUT2D eigenvalue weighted by atomic mass is 35.5. The third-order valence-electron chi connectivity index (χ3n) is 2.68. The first-order valence-corrected chi connectivity index (χ1v) is 7.05. The third-order valence-corrected chi connectivity index (χ3v) is 2.91. The molecule has 0 unspecified atom stereocenters. The first-order chi connectivity index (χ1) is 9.71. The molecule has 0 aliphatic rings. The number of carbonyl (C=O) groups excluding carboxylic acids is 1. The summed E-state index contributed by atoms with van der Waals surface area (Å²) in [6.45, 7) is 7.38. The third kappa shape index (κ3) is 6.49. The molecule has 1 aromatic rings. The number of halogens is 1. The number of rotatable bonds is 4. The lowest BCUT2D eigenvalue weighted by molar-refractivity contribution is 0.0636. The van der Waals surface area contributed by atoms with Crippen molar-refractivity contribution in [1.29, 1.82) is 0 Å². The van der Waals surface area contributed by atoms with E-state index in [0.717, 1.165) is 5.56 Å². The van der Waals surface area contributed by atoms with Crippen molar-refractivity contribution in [2.45, 2.75) is 45.6 Å². The molecule has 116 valence electrons. The Labute approximate surface area is 129 Å². The number of amides is 1. The number of ether oxygens (including phenoxy) is 1. The predicted molar refractivity (Wildman–Crippen MR) is 84.4 cm³/mol. The van der Waals surface area contributed by atoms with Gasteiger partial charge < -0.3 is 9.94 Å². The quantitative estimate of drug-likeness (QED) is 0.486. The minimum Gasteiger partial charge on any atom is -0.444 e. The second-order valence-corrected chi connectivity index (χ2v) is 6.27. The van der Waals surface area contributed by atoms with Crippen LogP contribution in [0.2, 0.25) is 0 Å². The minimum absolute atomic E-state index is 0.0637. The lowest BCUT2D eigenvalue weighted by Gasteiger charge is -2.20. The highest BCUT2D eigenvalue weighted by molar-refractivity contribution is 6.65. The Morgan fingerprint density at radius 2 is 2.14 bits per heavy atom. The largest absolute Gasteiger partial charge is 0.444 e. The van der Waals surface area contributed by atoms with Crippen molar-refractivity contribution in [3.63, 3.8) is 0 Å². The number of hydrogen-bond donors (Lipinski definition) is 2. The molecular formula is C15H21ClN2O3. The van der Waals surface area contributed by atoms with Crippen LogP contribution in [0.3, 0.4) is 0 Å². The van der Waals surface area contributed by atoms with Crippen molar-refractivity contribution < 1.29 is 14.7 Å². The van der Waals surface area contributed by atoms with Gasteiger partial charge in [0.2, 0.25) is 0 Å². The van der Waals surface area contributed by atoms with E-state index in [2.05, 4.69) is 10.5 Å². The van der Waals surface area contributed by atoms with Gasteiger partial charge in [-0.25, -0.2) is 4.79 Å². The SMILES string of the molecule is C[C@H](C/C(Cl)=N/O)c1cccc(NC(=O)OC(C)(C)C)c1. The van der Waals surface area contributed by atoms with Gasteiger partial charge in [-0.3, -0.25) is 5.32 Å². The molecule has 21 heavy (non-hydrogen) atoms. The van der Waals surface area contributed by atoms with E-state index >= 15 is 0 Å². The molecule has 0 fully saturated rings. The fourth-order valence-corrected chi connectivity index (χ4v) is 1.99. The molecule has 0 spiro atoms. The van der Waals surface area contributed by atoms with E-state index in [0.29, 0.717) is 12.1 Å². The monoisotopic (exact) mass is 312 g/mol. The van der Waals surface area contributed by atoms with Crippen LogP contribution in [-0.2, 0) is 4.74 Å². The van der Waals surface area contributed by atoms with Crippen molar-refractivity contribution in [3.8, 4) is 0 Å². The van der Waals surface area contributed by atoms with Gasteiger partial charge in [-0.2, -0.15) is 0 Å².